The number of hydrogen-bond acceptors (Lipinski definition) is 0. The Bertz CT molecular complexity index is 693. The first-order valence-corrected chi connectivity index (χ1v) is 18.3. The quantitative estimate of drug-likeness (QED) is 0.375. The van der Waals surface area contributed by atoms with Crippen molar-refractivity contribution in [3.8, 4) is 11.1 Å². The van der Waals surface area contributed by atoms with E-state index in [4.69, 9.17) is 0 Å². The minimum atomic E-state index is -2.67. The summed E-state index contributed by atoms with van der Waals surface area (Å²) in [6.07, 6.45) is 0. The Labute approximate surface area is 179 Å². The second-order valence-corrected chi connectivity index (χ2v) is 24.4. The third-order valence-electron chi connectivity index (χ3n) is 5.21. The van der Waals surface area contributed by atoms with Crippen LogP contribution in [0.3, 0.4) is 0 Å². The Hall–Kier alpha value is -0.761. The van der Waals surface area contributed by atoms with E-state index < -0.39 is 18.4 Å². The molecule has 0 unspecified atom stereocenters. The summed E-state index contributed by atoms with van der Waals surface area (Å²) >= 11 is -2.67. The molecule has 0 fully saturated rings. The van der Waals surface area contributed by atoms with Crippen molar-refractivity contribution in [2.24, 2.45) is 16.2 Å². The van der Waals surface area contributed by atoms with E-state index in [0.29, 0.717) is 16.2 Å². The van der Waals surface area contributed by atoms with Gasteiger partial charge < -0.3 is 0 Å². The molecule has 2 rings (SSSR count). The van der Waals surface area contributed by atoms with Crippen LogP contribution in [0.4, 0.5) is 0 Å². The van der Waals surface area contributed by atoms with Crippen molar-refractivity contribution in [2.45, 2.75) is 75.6 Å². The van der Waals surface area contributed by atoms with Crippen LogP contribution >= 0.6 is 0 Å². The SMILES string of the molecule is CC(C)(C)[CH2][Sn]([CH2]C(C)(C)C)([CH2]C(C)(C)C)[c]1ccc(-c2ccccc2)cc1. The average molecular weight is 485 g/mol. The van der Waals surface area contributed by atoms with Crippen LogP contribution in [0.1, 0.15) is 62.3 Å². The second kappa shape index (κ2) is 8.54. The molecule has 2 aromatic carbocycles. The molecule has 154 valence electrons. The Morgan fingerprint density at radius 3 is 1.21 bits per heavy atom. The van der Waals surface area contributed by atoms with Gasteiger partial charge in [-0.15, -0.1) is 0 Å². The van der Waals surface area contributed by atoms with Gasteiger partial charge in [-0.1, -0.05) is 0 Å². The van der Waals surface area contributed by atoms with Crippen LogP contribution in [0.25, 0.3) is 11.1 Å². The third-order valence-corrected chi connectivity index (χ3v) is 24.5. The summed E-state index contributed by atoms with van der Waals surface area (Å²) < 4.78 is 5.97. The van der Waals surface area contributed by atoms with Gasteiger partial charge in [-0.3, -0.25) is 0 Å². The predicted molar refractivity (Wildman–Crippen MR) is 130 cm³/mol. The van der Waals surface area contributed by atoms with E-state index in [1.165, 1.54) is 24.4 Å². The summed E-state index contributed by atoms with van der Waals surface area (Å²) in [5.74, 6) is 0. The van der Waals surface area contributed by atoms with E-state index in [1.54, 1.807) is 3.58 Å². The first-order chi connectivity index (χ1) is 12.7. The molecular weight excluding hydrogens is 443 g/mol. The normalized spacial score (nSPS) is 13.6. The molecule has 0 aromatic heterocycles. The van der Waals surface area contributed by atoms with Gasteiger partial charge in [0.1, 0.15) is 0 Å². The molecule has 0 aliphatic carbocycles. The van der Waals surface area contributed by atoms with Gasteiger partial charge in [-0.05, 0) is 0 Å². The van der Waals surface area contributed by atoms with Gasteiger partial charge >= 0.3 is 180 Å². The van der Waals surface area contributed by atoms with Crippen molar-refractivity contribution in [3.05, 3.63) is 54.6 Å². The molecule has 28 heavy (non-hydrogen) atoms. The summed E-state index contributed by atoms with van der Waals surface area (Å²) in [5, 5.41) is 0. The molecule has 0 radical (unpaired) electrons. The molecule has 0 nitrogen and oxygen atoms in total. The molecule has 0 atom stereocenters. The van der Waals surface area contributed by atoms with Crippen LogP contribution in [-0.2, 0) is 0 Å². The van der Waals surface area contributed by atoms with Gasteiger partial charge in [0.15, 0.2) is 0 Å². The molecule has 0 bridgehead atoms. The molecule has 0 amide bonds. The molecule has 0 saturated heterocycles. The molecule has 0 N–H and O–H groups in total. The van der Waals surface area contributed by atoms with E-state index in [1.807, 2.05) is 0 Å². The van der Waals surface area contributed by atoms with Gasteiger partial charge in [-0.25, -0.2) is 0 Å². The van der Waals surface area contributed by atoms with Crippen molar-refractivity contribution >= 4 is 22.0 Å². The minimum absolute atomic E-state index is 0.380. The van der Waals surface area contributed by atoms with Crippen molar-refractivity contribution in [2.75, 3.05) is 0 Å². The van der Waals surface area contributed by atoms with Crippen LogP contribution < -0.4 is 3.58 Å². The van der Waals surface area contributed by atoms with Gasteiger partial charge in [0, 0.05) is 0 Å². The maximum atomic E-state index is 2.50. The van der Waals surface area contributed by atoms with Gasteiger partial charge in [0.2, 0.25) is 0 Å². The Morgan fingerprint density at radius 1 is 0.500 bits per heavy atom. The van der Waals surface area contributed by atoms with Crippen LogP contribution in [0.2, 0.25) is 13.3 Å². The Balaban J connectivity index is 2.55. The fourth-order valence-corrected chi connectivity index (χ4v) is 27.9. The first kappa shape index (κ1) is 23.5. The third kappa shape index (κ3) is 7.25. The van der Waals surface area contributed by atoms with Gasteiger partial charge in [0.25, 0.3) is 0 Å². The summed E-state index contributed by atoms with van der Waals surface area (Å²) in [4.78, 5) is 0. The zero-order valence-corrected chi connectivity index (χ0v) is 22.7. The molecule has 2 aromatic rings. The maximum absolute atomic E-state index is 2.67. The standard InChI is InChI=1S/C12H9.3C5H11.Sn/c1-3-7-11(8-4-1)12-9-5-2-6-10-12;3*1-5(2,3)4;/h1,3-10H;3*1H2,2-4H3;. The van der Waals surface area contributed by atoms with Crippen LogP contribution in [0.5, 0.6) is 0 Å². The van der Waals surface area contributed by atoms with E-state index >= 15 is 0 Å². The summed E-state index contributed by atoms with van der Waals surface area (Å²) in [6, 6.07) is 20.5. The molecule has 0 heterocycles. The second-order valence-electron chi connectivity index (χ2n) is 12.4. The Kier molecular flexibility index (Phi) is 7.17. The van der Waals surface area contributed by atoms with Crippen molar-refractivity contribution in [3.63, 3.8) is 0 Å². The molecular formula is C27H42Sn. The molecule has 0 saturated carbocycles. The topological polar surface area (TPSA) is 0 Å². The van der Waals surface area contributed by atoms with Crippen LogP contribution in [0, 0.1) is 16.2 Å². The van der Waals surface area contributed by atoms with E-state index in [9.17, 15) is 0 Å². The molecule has 0 aliphatic heterocycles. The summed E-state index contributed by atoms with van der Waals surface area (Å²) in [6.45, 7) is 22.0. The Morgan fingerprint density at radius 2 is 0.857 bits per heavy atom. The van der Waals surface area contributed by atoms with Crippen LogP contribution in [-0.4, -0.2) is 18.4 Å². The number of rotatable bonds is 5. The van der Waals surface area contributed by atoms with Gasteiger partial charge in [-0.2, -0.15) is 0 Å². The monoisotopic (exact) mass is 486 g/mol. The molecule has 1 heteroatoms. The number of hydrogen-bond donors (Lipinski definition) is 0. The van der Waals surface area contributed by atoms with E-state index in [2.05, 4.69) is 117 Å². The number of benzene rings is 2. The van der Waals surface area contributed by atoms with E-state index in [0.717, 1.165) is 0 Å². The zero-order chi connectivity index (χ0) is 21.2. The molecule has 0 spiro atoms. The summed E-state index contributed by atoms with van der Waals surface area (Å²) in [7, 11) is 0. The predicted octanol–water partition coefficient (Wildman–Crippen LogP) is 8.15. The zero-order valence-electron chi connectivity index (χ0n) is 19.8. The van der Waals surface area contributed by atoms with Crippen molar-refractivity contribution < 1.29 is 0 Å². The fraction of sp³-hybridized carbons (Fsp3) is 0.556. The first-order valence-electron chi connectivity index (χ1n) is 10.9. The van der Waals surface area contributed by atoms with Gasteiger partial charge in [0.05, 0.1) is 0 Å². The molecule has 0 aliphatic rings. The van der Waals surface area contributed by atoms with Crippen molar-refractivity contribution in [1.29, 1.82) is 0 Å². The summed E-state index contributed by atoms with van der Waals surface area (Å²) in [5.41, 5.74) is 3.80. The average Bonchev–Trinajstić information content (AvgIpc) is 2.51. The van der Waals surface area contributed by atoms with E-state index in [-0.39, 0.29) is 0 Å². The van der Waals surface area contributed by atoms with Crippen LogP contribution in [0.15, 0.2) is 54.6 Å². The fourth-order valence-electron chi connectivity index (χ4n) is 5.19. The van der Waals surface area contributed by atoms with Crippen molar-refractivity contribution in [1.82, 2.24) is 0 Å².